The zero-order valence-electron chi connectivity index (χ0n) is 13.9. The molecule has 7 heteroatoms. The maximum Gasteiger partial charge on any atom is 0.245 e. The number of ether oxygens (including phenoxy) is 1. The quantitative estimate of drug-likeness (QED) is 0.898. The summed E-state index contributed by atoms with van der Waals surface area (Å²) in [6, 6.07) is 12.0. The molecule has 25 heavy (non-hydrogen) atoms. The second-order valence-electron chi connectivity index (χ2n) is 6.69. The van der Waals surface area contributed by atoms with Gasteiger partial charge in [-0.2, -0.15) is 0 Å². The number of sulfonamides is 1. The predicted octanol–water partition coefficient (Wildman–Crippen LogP) is 1.44. The summed E-state index contributed by atoms with van der Waals surface area (Å²) in [6.45, 7) is 2.83. The van der Waals surface area contributed by atoms with Crippen LogP contribution in [0.15, 0.2) is 53.7 Å². The first-order valence-corrected chi connectivity index (χ1v) is 9.94. The van der Waals surface area contributed by atoms with Crippen LogP contribution in [-0.4, -0.2) is 50.1 Å². The Kier molecular flexibility index (Phi) is 4.23. The molecule has 6 nitrogen and oxygen atoms in total. The van der Waals surface area contributed by atoms with E-state index in [2.05, 4.69) is 38.9 Å². The van der Waals surface area contributed by atoms with Crippen LogP contribution in [0.3, 0.4) is 0 Å². The number of rotatable bonds is 3. The summed E-state index contributed by atoms with van der Waals surface area (Å²) in [4.78, 5) is 6.38. The van der Waals surface area contributed by atoms with Gasteiger partial charge in [0.2, 0.25) is 10.0 Å². The number of aromatic nitrogens is 1. The minimum atomic E-state index is -3.57. The summed E-state index contributed by atoms with van der Waals surface area (Å²) in [5.74, 6) is 0.393. The van der Waals surface area contributed by atoms with Crippen LogP contribution in [0.5, 0.6) is 5.75 Å². The number of fused-ring (bicyclic) bond motifs is 1. The second-order valence-corrected chi connectivity index (χ2v) is 8.43. The highest BCUT2D eigenvalue weighted by atomic mass is 32.2. The number of pyridine rings is 1. The topological polar surface area (TPSA) is 71.5 Å². The van der Waals surface area contributed by atoms with Gasteiger partial charge >= 0.3 is 0 Å². The van der Waals surface area contributed by atoms with E-state index in [1.807, 2.05) is 6.07 Å². The van der Waals surface area contributed by atoms with Gasteiger partial charge in [-0.15, -0.1) is 0 Å². The molecule has 1 unspecified atom stereocenters. The summed E-state index contributed by atoms with van der Waals surface area (Å²) in [5, 5.41) is 0. The molecule has 1 saturated heterocycles. The normalized spacial score (nSPS) is 25.3. The van der Waals surface area contributed by atoms with E-state index in [4.69, 9.17) is 4.74 Å². The summed E-state index contributed by atoms with van der Waals surface area (Å²) in [5.41, 5.74) is 0.790. The van der Waals surface area contributed by atoms with E-state index >= 15 is 0 Å². The molecule has 0 radical (unpaired) electrons. The Bertz CT molecular complexity index is 857. The smallest absolute Gasteiger partial charge is 0.245 e. The van der Waals surface area contributed by atoms with Crippen LogP contribution in [0.4, 0.5) is 0 Å². The minimum absolute atomic E-state index is 0.120. The SMILES string of the molecule is O=S1(=O)NCC2(CCN(CCc3ccccc3)C2)Oc2ccncc21. The number of likely N-dealkylation sites (tertiary alicyclic amines) is 1. The van der Waals surface area contributed by atoms with E-state index in [-0.39, 0.29) is 11.4 Å². The molecule has 1 fully saturated rings. The van der Waals surface area contributed by atoms with Gasteiger partial charge in [0.05, 0.1) is 12.7 Å². The van der Waals surface area contributed by atoms with Gasteiger partial charge in [-0.05, 0) is 18.1 Å². The van der Waals surface area contributed by atoms with Crippen molar-refractivity contribution in [2.24, 2.45) is 0 Å². The van der Waals surface area contributed by atoms with Gasteiger partial charge in [0.25, 0.3) is 0 Å². The van der Waals surface area contributed by atoms with Gasteiger partial charge in [-0.1, -0.05) is 30.3 Å². The lowest BCUT2D eigenvalue weighted by atomic mass is 10.0. The second kappa shape index (κ2) is 6.40. The number of hydrogen-bond donors (Lipinski definition) is 1. The van der Waals surface area contributed by atoms with Gasteiger partial charge < -0.3 is 4.74 Å². The van der Waals surface area contributed by atoms with Gasteiger partial charge in [0.15, 0.2) is 0 Å². The van der Waals surface area contributed by atoms with Crippen LogP contribution in [0.2, 0.25) is 0 Å². The van der Waals surface area contributed by atoms with Crippen molar-refractivity contribution in [2.45, 2.75) is 23.3 Å². The molecule has 2 aliphatic rings. The van der Waals surface area contributed by atoms with Crippen LogP contribution in [0.1, 0.15) is 12.0 Å². The molecule has 1 aromatic heterocycles. The molecule has 132 valence electrons. The Morgan fingerprint density at radius 1 is 1.24 bits per heavy atom. The highest BCUT2D eigenvalue weighted by molar-refractivity contribution is 7.89. The van der Waals surface area contributed by atoms with Crippen LogP contribution in [0.25, 0.3) is 0 Å². The molecule has 0 amide bonds. The fourth-order valence-electron chi connectivity index (χ4n) is 3.50. The van der Waals surface area contributed by atoms with Crippen molar-refractivity contribution in [3.8, 4) is 5.75 Å². The first-order valence-electron chi connectivity index (χ1n) is 8.45. The Morgan fingerprint density at radius 3 is 2.92 bits per heavy atom. The monoisotopic (exact) mass is 359 g/mol. The first-order chi connectivity index (χ1) is 12.1. The fraction of sp³-hybridized carbons (Fsp3) is 0.389. The molecule has 3 heterocycles. The standard InChI is InChI=1S/C18H21N3O3S/c22-25(23)17-12-19-9-6-16(17)24-18(13-20-25)8-11-21(14-18)10-7-15-4-2-1-3-5-15/h1-6,9,12,20H,7-8,10-11,13-14H2. The van der Waals surface area contributed by atoms with E-state index in [0.29, 0.717) is 12.3 Å². The number of nitrogens with zero attached hydrogens (tertiary/aromatic N) is 2. The molecule has 0 aliphatic carbocycles. The molecule has 2 aromatic rings. The molecular formula is C18H21N3O3S. The van der Waals surface area contributed by atoms with E-state index in [9.17, 15) is 8.42 Å². The minimum Gasteiger partial charge on any atom is -0.483 e. The molecule has 1 aromatic carbocycles. The van der Waals surface area contributed by atoms with Gasteiger partial charge in [0, 0.05) is 32.3 Å². The zero-order chi connectivity index (χ0) is 17.3. The molecule has 4 rings (SSSR count). The Labute approximate surface area is 147 Å². The van der Waals surface area contributed by atoms with Crippen molar-refractivity contribution in [1.29, 1.82) is 0 Å². The van der Waals surface area contributed by atoms with Gasteiger partial charge in [-0.25, -0.2) is 13.1 Å². The summed E-state index contributed by atoms with van der Waals surface area (Å²) in [7, 11) is -3.57. The third-order valence-corrected chi connectivity index (χ3v) is 6.31. The number of nitrogens with one attached hydrogen (secondary N) is 1. The molecule has 1 N–H and O–H groups in total. The van der Waals surface area contributed by atoms with Crippen LogP contribution in [-0.2, 0) is 16.4 Å². The van der Waals surface area contributed by atoms with Gasteiger partial charge in [-0.3, -0.25) is 9.88 Å². The summed E-state index contributed by atoms with van der Waals surface area (Å²) < 4.78 is 33.6. The van der Waals surface area contributed by atoms with E-state index in [0.717, 1.165) is 25.9 Å². The van der Waals surface area contributed by atoms with Crippen molar-refractivity contribution < 1.29 is 13.2 Å². The summed E-state index contributed by atoms with van der Waals surface area (Å²) >= 11 is 0. The highest BCUT2D eigenvalue weighted by Crippen LogP contribution is 2.34. The van der Waals surface area contributed by atoms with E-state index in [1.54, 1.807) is 12.3 Å². The maximum atomic E-state index is 12.4. The molecule has 0 saturated carbocycles. The molecule has 2 aliphatic heterocycles. The van der Waals surface area contributed by atoms with Crippen molar-refractivity contribution in [3.63, 3.8) is 0 Å². The summed E-state index contributed by atoms with van der Waals surface area (Å²) in [6.07, 6.45) is 4.68. The van der Waals surface area contributed by atoms with Crippen molar-refractivity contribution in [3.05, 3.63) is 54.4 Å². The van der Waals surface area contributed by atoms with E-state index < -0.39 is 15.6 Å². The predicted molar refractivity (Wildman–Crippen MR) is 94.0 cm³/mol. The lowest BCUT2D eigenvalue weighted by molar-refractivity contribution is 0.0812. The Morgan fingerprint density at radius 2 is 2.08 bits per heavy atom. The van der Waals surface area contributed by atoms with Crippen LogP contribution < -0.4 is 9.46 Å². The average molecular weight is 359 g/mol. The van der Waals surface area contributed by atoms with Crippen LogP contribution >= 0.6 is 0 Å². The first kappa shape index (κ1) is 16.5. The number of benzene rings is 1. The molecule has 0 bridgehead atoms. The lowest BCUT2D eigenvalue weighted by Gasteiger charge is -2.28. The van der Waals surface area contributed by atoms with Crippen molar-refractivity contribution in [2.75, 3.05) is 26.2 Å². The Hall–Kier alpha value is -1.96. The Balaban J connectivity index is 1.48. The third kappa shape index (κ3) is 3.40. The zero-order valence-corrected chi connectivity index (χ0v) is 14.7. The fourth-order valence-corrected chi connectivity index (χ4v) is 4.69. The third-order valence-electron chi connectivity index (χ3n) is 4.90. The van der Waals surface area contributed by atoms with Gasteiger partial charge in [0.1, 0.15) is 16.2 Å². The molecule has 1 spiro atoms. The highest BCUT2D eigenvalue weighted by Gasteiger charge is 2.44. The number of hydrogen-bond acceptors (Lipinski definition) is 5. The average Bonchev–Trinajstić information content (AvgIpc) is 2.98. The van der Waals surface area contributed by atoms with Crippen LogP contribution in [0, 0.1) is 0 Å². The molecular weight excluding hydrogens is 338 g/mol. The van der Waals surface area contributed by atoms with E-state index in [1.165, 1.54) is 11.8 Å². The largest absolute Gasteiger partial charge is 0.483 e. The lowest BCUT2D eigenvalue weighted by Crippen LogP contribution is -2.47. The molecule has 1 atom stereocenters. The van der Waals surface area contributed by atoms with Crippen molar-refractivity contribution in [1.82, 2.24) is 14.6 Å². The maximum absolute atomic E-state index is 12.4. The van der Waals surface area contributed by atoms with Crippen molar-refractivity contribution >= 4 is 10.0 Å².